The molecule has 30 heavy (non-hydrogen) atoms. The smallest absolute Gasteiger partial charge is 0.339 e. The predicted molar refractivity (Wildman–Crippen MR) is 102 cm³/mol. The maximum atomic E-state index is 13.8. The van der Waals surface area contributed by atoms with Crippen molar-refractivity contribution in [3.8, 4) is 11.4 Å². The van der Waals surface area contributed by atoms with Crippen molar-refractivity contribution in [3.05, 3.63) is 62.6 Å². The number of alkyl halides is 3. The zero-order valence-electron chi connectivity index (χ0n) is 15.7. The Morgan fingerprint density at radius 1 is 1.23 bits per heavy atom. The van der Waals surface area contributed by atoms with Crippen molar-refractivity contribution < 1.29 is 22.1 Å². The third-order valence-electron chi connectivity index (χ3n) is 4.72. The lowest BCUT2D eigenvalue weighted by Gasteiger charge is -2.07. The number of rotatable bonds is 4. The average molecular weight is 438 g/mol. The second-order valence-electron chi connectivity index (χ2n) is 6.66. The number of fused-ring (bicyclic) bond motifs is 1. The van der Waals surface area contributed by atoms with E-state index in [2.05, 4.69) is 15.1 Å². The number of hydrogen-bond donors (Lipinski definition) is 0. The zero-order valence-corrected chi connectivity index (χ0v) is 16.6. The van der Waals surface area contributed by atoms with Gasteiger partial charge in [0.1, 0.15) is 10.6 Å². The molecule has 0 radical (unpaired) electrons. The Morgan fingerprint density at radius 2 is 2.00 bits per heavy atom. The van der Waals surface area contributed by atoms with Gasteiger partial charge in [-0.2, -0.15) is 18.2 Å². The Balaban J connectivity index is 1.54. The average Bonchev–Trinajstić information content (AvgIpc) is 3.25. The second-order valence-corrected chi connectivity index (χ2v) is 7.86. The Hall–Kier alpha value is -3.08. The zero-order chi connectivity index (χ0) is 21.6. The molecule has 0 bridgehead atoms. The number of aryl methyl sites for hydroxylation is 4. The largest absolute Gasteiger partial charge is 0.419 e. The standard InChI is InChI=1S/C19H14F4N4O2S/c1-9-10(2)30-17-15(9)18(28)27(8-24-17)6-5-14-25-16(26-29-14)11-3-4-12(13(20)7-11)19(21,22)23/h3-4,7-8H,5-6H2,1-2H3. The van der Waals surface area contributed by atoms with Crippen LogP contribution < -0.4 is 5.56 Å². The molecule has 1 aromatic carbocycles. The van der Waals surface area contributed by atoms with Crippen LogP contribution in [0.2, 0.25) is 0 Å². The lowest BCUT2D eigenvalue weighted by atomic mass is 10.1. The third kappa shape index (κ3) is 3.60. The number of aromatic nitrogens is 4. The molecule has 3 heterocycles. The van der Waals surface area contributed by atoms with Crippen LogP contribution in [-0.2, 0) is 19.1 Å². The maximum Gasteiger partial charge on any atom is 0.419 e. The predicted octanol–water partition coefficient (Wildman–Crippen LogP) is 4.53. The normalized spacial score (nSPS) is 12.1. The minimum absolute atomic E-state index is 0.0390. The second kappa shape index (κ2) is 7.31. The van der Waals surface area contributed by atoms with Crippen LogP contribution in [0.25, 0.3) is 21.6 Å². The topological polar surface area (TPSA) is 73.8 Å². The molecule has 0 unspecified atom stereocenters. The van der Waals surface area contributed by atoms with Gasteiger partial charge in [0.2, 0.25) is 11.7 Å². The van der Waals surface area contributed by atoms with Crippen LogP contribution >= 0.6 is 11.3 Å². The lowest BCUT2D eigenvalue weighted by molar-refractivity contribution is -0.139. The summed E-state index contributed by atoms with van der Waals surface area (Å²) in [5, 5.41) is 4.26. The molecule has 4 aromatic rings. The number of benzene rings is 1. The highest BCUT2D eigenvalue weighted by Gasteiger charge is 2.34. The highest BCUT2D eigenvalue weighted by Crippen LogP contribution is 2.33. The van der Waals surface area contributed by atoms with E-state index in [4.69, 9.17) is 4.52 Å². The van der Waals surface area contributed by atoms with Gasteiger partial charge in [0.25, 0.3) is 5.56 Å². The van der Waals surface area contributed by atoms with Gasteiger partial charge in [-0.3, -0.25) is 9.36 Å². The van der Waals surface area contributed by atoms with Crippen LogP contribution in [0, 0.1) is 19.7 Å². The van der Waals surface area contributed by atoms with E-state index in [0.29, 0.717) is 22.3 Å². The van der Waals surface area contributed by atoms with Crippen molar-refractivity contribution in [3.63, 3.8) is 0 Å². The molecule has 0 atom stereocenters. The fraction of sp³-hybridized carbons (Fsp3) is 0.263. The van der Waals surface area contributed by atoms with E-state index in [0.717, 1.165) is 16.5 Å². The minimum atomic E-state index is -4.78. The molecule has 0 aliphatic heterocycles. The van der Waals surface area contributed by atoms with E-state index in [1.807, 2.05) is 13.8 Å². The molecule has 0 aliphatic rings. The summed E-state index contributed by atoms with van der Waals surface area (Å²) in [6.45, 7) is 4.02. The fourth-order valence-corrected chi connectivity index (χ4v) is 3.99. The van der Waals surface area contributed by atoms with Crippen molar-refractivity contribution >= 4 is 21.6 Å². The SMILES string of the molecule is Cc1sc2ncn(CCc3nc(-c4ccc(C(F)(F)F)c(F)c4)no3)c(=O)c2c1C. The highest BCUT2D eigenvalue weighted by molar-refractivity contribution is 7.18. The molecule has 0 aliphatic carbocycles. The van der Waals surface area contributed by atoms with E-state index in [9.17, 15) is 22.4 Å². The first kappa shape index (κ1) is 20.2. The van der Waals surface area contributed by atoms with Gasteiger partial charge in [-0.1, -0.05) is 11.2 Å². The molecule has 11 heteroatoms. The molecule has 0 saturated heterocycles. The summed E-state index contributed by atoms with van der Waals surface area (Å²) in [7, 11) is 0. The first-order valence-corrected chi connectivity index (χ1v) is 9.61. The molecule has 0 amide bonds. The highest BCUT2D eigenvalue weighted by atomic mass is 32.1. The quantitative estimate of drug-likeness (QED) is 0.438. The molecule has 3 aromatic heterocycles. The van der Waals surface area contributed by atoms with E-state index in [1.54, 1.807) is 0 Å². The van der Waals surface area contributed by atoms with Crippen LogP contribution in [0.15, 0.2) is 33.8 Å². The summed E-state index contributed by atoms with van der Waals surface area (Å²) >= 11 is 1.45. The van der Waals surface area contributed by atoms with Crippen molar-refractivity contribution in [1.29, 1.82) is 0 Å². The fourth-order valence-electron chi connectivity index (χ4n) is 3.00. The van der Waals surface area contributed by atoms with E-state index >= 15 is 0 Å². The maximum absolute atomic E-state index is 13.8. The third-order valence-corrected chi connectivity index (χ3v) is 5.84. The number of thiophene rings is 1. The van der Waals surface area contributed by atoms with Crippen LogP contribution in [0.1, 0.15) is 21.9 Å². The van der Waals surface area contributed by atoms with E-state index in [-0.39, 0.29) is 35.8 Å². The van der Waals surface area contributed by atoms with Gasteiger partial charge < -0.3 is 4.52 Å². The first-order valence-electron chi connectivity index (χ1n) is 8.80. The summed E-state index contributed by atoms with van der Waals surface area (Å²) in [5.74, 6) is -1.29. The van der Waals surface area contributed by atoms with Crippen molar-refractivity contribution in [1.82, 2.24) is 19.7 Å². The Morgan fingerprint density at radius 3 is 2.70 bits per heavy atom. The first-order chi connectivity index (χ1) is 14.1. The summed E-state index contributed by atoms with van der Waals surface area (Å²) in [6.07, 6.45) is -3.14. The monoisotopic (exact) mass is 438 g/mol. The molecule has 0 spiro atoms. The van der Waals surface area contributed by atoms with Crippen LogP contribution in [0.3, 0.4) is 0 Å². The molecular weight excluding hydrogens is 424 g/mol. The summed E-state index contributed by atoms with van der Waals surface area (Å²) in [4.78, 5) is 22.8. The molecule has 0 fully saturated rings. The lowest BCUT2D eigenvalue weighted by Crippen LogP contribution is -2.21. The summed E-state index contributed by atoms with van der Waals surface area (Å²) in [5.41, 5.74) is -0.589. The Bertz CT molecular complexity index is 1310. The molecule has 0 saturated carbocycles. The number of halogens is 4. The molecule has 4 rings (SSSR count). The van der Waals surface area contributed by atoms with Crippen LogP contribution in [-0.4, -0.2) is 19.7 Å². The molecular formula is C19H14F4N4O2S. The van der Waals surface area contributed by atoms with Crippen LogP contribution in [0.4, 0.5) is 17.6 Å². The van der Waals surface area contributed by atoms with Crippen LogP contribution in [0.5, 0.6) is 0 Å². The van der Waals surface area contributed by atoms with Crippen molar-refractivity contribution in [2.75, 3.05) is 0 Å². The van der Waals surface area contributed by atoms with Gasteiger partial charge >= 0.3 is 6.18 Å². The number of nitrogens with zero attached hydrogens (tertiary/aromatic N) is 4. The molecule has 6 nitrogen and oxygen atoms in total. The van der Waals surface area contributed by atoms with Gasteiger partial charge in [-0.05, 0) is 31.5 Å². The van der Waals surface area contributed by atoms with E-state index < -0.39 is 17.6 Å². The molecule has 0 N–H and O–H groups in total. The van der Waals surface area contributed by atoms with Gasteiger partial charge in [-0.25, -0.2) is 9.37 Å². The van der Waals surface area contributed by atoms with Crippen molar-refractivity contribution in [2.45, 2.75) is 33.0 Å². The van der Waals surface area contributed by atoms with Gasteiger partial charge in [0, 0.05) is 23.4 Å². The van der Waals surface area contributed by atoms with Gasteiger partial charge in [0.15, 0.2) is 0 Å². The van der Waals surface area contributed by atoms with Crippen molar-refractivity contribution in [2.24, 2.45) is 0 Å². The van der Waals surface area contributed by atoms with Gasteiger partial charge in [-0.15, -0.1) is 11.3 Å². The van der Waals surface area contributed by atoms with Gasteiger partial charge in [0.05, 0.1) is 17.3 Å². The van der Waals surface area contributed by atoms with E-state index in [1.165, 1.54) is 22.2 Å². The minimum Gasteiger partial charge on any atom is -0.339 e. The Kier molecular flexibility index (Phi) is 4.92. The number of hydrogen-bond acceptors (Lipinski definition) is 6. The summed E-state index contributed by atoms with van der Waals surface area (Å²) in [6, 6.07) is 2.42. The Labute approximate surface area is 170 Å². The molecule has 156 valence electrons. The summed E-state index contributed by atoms with van der Waals surface area (Å²) < 4.78 is 58.3.